The molecule has 112 valence electrons. The van der Waals surface area contributed by atoms with Crippen LogP contribution >= 0.6 is 0 Å². The molecule has 3 N–H and O–H groups in total. The summed E-state index contributed by atoms with van der Waals surface area (Å²) in [7, 11) is 1.95. The number of hydrogen-bond donors (Lipinski definition) is 3. The molecule has 0 aliphatic heterocycles. The molecule has 0 heterocycles. The first kappa shape index (κ1) is 22.6. The second-order valence-electron chi connectivity index (χ2n) is 3.40. The molecule has 0 aromatic heterocycles. The molecule has 0 saturated carbocycles. The van der Waals surface area contributed by atoms with Crippen LogP contribution in [0.25, 0.3) is 0 Å². The molecule has 0 aromatic rings. The Morgan fingerprint density at radius 1 is 0.833 bits per heavy atom. The summed E-state index contributed by atoms with van der Waals surface area (Å²) in [6.07, 6.45) is 3.43. The highest BCUT2D eigenvalue weighted by molar-refractivity contribution is 5.72. The molecule has 0 saturated heterocycles. The second-order valence-corrected chi connectivity index (χ2v) is 3.40. The van der Waals surface area contributed by atoms with Crippen molar-refractivity contribution in [2.45, 2.75) is 53.9 Å². The molecule has 0 aliphatic carbocycles. The van der Waals surface area contributed by atoms with E-state index in [1.807, 2.05) is 34.7 Å². The van der Waals surface area contributed by atoms with E-state index in [1.54, 1.807) is 6.92 Å². The van der Waals surface area contributed by atoms with Crippen LogP contribution in [0, 0.1) is 0 Å². The third kappa shape index (κ3) is 29.5. The molecule has 4 heteroatoms. The van der Waals surface area contributed by atoms with Gasteiger partial charge in [-0.05, 0) is 26.4 Å². The number of amides is 1. The van der Waals surface area contributed by atoms with Gasteiger partial charge in [0.05, 0.1) is 0 Å². The smallest absolute Gasteiger partial charge is 0.216 e. The number of unbranched alkanes of at least 4 members (excludes halogenated alkanes) is 2. The summed E-state index contributed by atoms with van der Waals surface area (Å²) in [5, 5.41) is 9.20. The predicted octanol–water partition coefficient (Wildman–Crippen LogP) is 2.15. The van der Waals surface area contributed by atoms with Crippen molar-refractivity contribution in [2.24, 2.45) is 0 Å². The first-order chi connectivity index (χ1) is 8.77. The molecule has 4 nitrogen and oxygen atoms in total. The Hall–Kier alpha value is -0.610. The van der Waals surface area contributed by atoms with E-state index in [4.69, 9.17) is 0 Å². The minimum absolute atomic E-state index is 0.0668. The van der Waals surface area contributed by atoms with Gasteiger partial charge in [-0.1, -0.05) is 34.1 Å². The fraction of sp³-hybridized carbons (Fsp3) is 0.929. The molecule has 0 aromatic carbocycles. The Labute approximate surface area is 114 Å². The fourth-order valence-electron chi connectivity index (χ4n) is 1.15. The van der Waals surface area contributed by atoms with Gasteiger partial charge in [-0.2, -0.15) is 0 Å². The van der Waals surface area contributed by atoms with Crippen molar-refractivity contribution in [1.82, 2.24) is 16.0 Å². The third-order valence-corrected chi connectivity index (χ3v) is 1.96. The molecular weight excluding hydrogens is 226 g/mol. The third-order valence-electron chi connectivity index (χ3n) is 1.96. The summed E-state index contributed by atoms with van der Waals surface area (Å²) in [6.45, 7) is 13.5. The Morgan fingerprint density at radius 3 is 1.89 bits per heavy atom. The molecule has 0 spiro atoms. The van der Waals surface area contributed by atoms with Crippen molar-refractivity contribution in [3.05, 3.63) is 0 Å². The largest absolute Gasteiger partial charge is 0.356 e. The van der Waals surface area contributed by atoms with Crippen LogP contribution in [0.15, 0.2) is 0 Å². The lowest BCUT2D eigenvalue weighted by Crippen LogP contribution is -2.26. The van der Waals surface area contributed by atoms with E-state index < -0.39 is 0 Å². The van der Waals surface area contributed by atoms with Gasteiger partial charge in [0.15, 0.2) is 0 Å². The van der Waals surface area contributed by atoms with Gasteiger partial charge in [0, 0.05) is 26.6 Å². The van der Waals surface area contributed by atoms with Crippen LogP contribution in [0.4, 0.5) is 0 Å². The highest BCUT2D eigenvalue weighted by atomic mass is 16.1. The second kappa shape index (κ2) is 25.3. The Kier molecular flexibility index (Phi) is 31.7. The van der Waals surface area contributed by atoms with Crippen molar-refractivity contribution in [3.8, 4) is 0 Å². The van der Waals surface area contributed by atoms with E-state index in [0.29, 0.717) is 0 Å². The SMILES string of the molecule is CC.CC.CNCCNCCCCCNC(C)=O. The van der Waals surface area contributed by atoms with Crippen molar-refractivity contribution >= 4 is 5.91 Å². The molecule has 0 aliphatic rings. The summed E-state index contributed by atoms with van der Waals surface area (Å²) < 4.78 is 0. The quantitative estimate of drug-likeness (QED) is 0.558. The van der Waals surface area contributed by atoms with Gasteiger partial charge in [0.25, 0.3) is 0 Å². The maximum Gasteiger partial charge on any atom is 0.216 e. The topological polar surface area (TPSA) is 53.2 Å². The van der Waals surface area contributed by atoms with E-state index in [0.717, 1.165) is 32.6 Å². The highest BCUT2D eigenvalue weighted by Crippen LogP contribution is 1.91. The standard InChI is InChI=1S/C10H23N3O.2C2H6/c1-10(14)13-7-5-3-4-6-12-9-8-11-2;2*1-2/h11-12H,3-9H2,1-2H3,(H,13,14);2*1-2H3. The van der Waals surface area contributed by atoms with Crippen molar-refractivity contribution in [2.75, 3.05) is 33.2 Å². The van der Waals surface area contributed by atoms with E-state index in [-0.39, 0.29) is 5.91 Å². The van der Waals surface area contributed by atoms with Crippen LogP contribution in [-0.2, 0) is 4.79 Å². The highest BCUT2D eigenvalue weighted by Gasteiger charge is 1.91. The van der Waals surface area contributed by atoms with Gasteiger partial charge in [0.1, 0.15) is 0 Å². The van der Waals surface area contributed by atoms with Crippen LogP contribution in [0.5, 0.6) is 0 Å². The Morgan fingerprint density at radius 2 is 1.39 bits per heavy atom. The number of carbonyl (C=O) groups is 1. The summed E-state index contributed by atoms with van der Waals surface area (Å²) >= 11 is 0. The van der Waals surface area contributed by atoms with Gasteiger partial charge < -0.3 is 16.0 Å². The van der Waals surface area contributed by atoms with Crippen molar-refractivity contribution < 1.29 is 4.79 Å². The van der Waals surface area contributed by atoms with E-state index >= 15 is 0 Å². The Bertz CT molecular complexity index is 141. The zero-order valence-corrected chi connectivity index (χ0v) is 13.4. The summed E-state index contributed by atoms with van der Waals surface area (Å²) in [4.78, 5) is 10.5. The van der Waals surface area contributed by atoms with Gasteiger partial charge in [-0.25, -0.2) is 0 Å². The van der Waals surface area contributed by atoms with Crippen LogP contribution in [0.1, 0.15) is 53.9 Å². The minimum Gasteiger partial charge on any atom is -0.356 e. The van der Waals surface area contributed by atoms with Gasteiger partial charge >= 0.3 is 0 Å². The fourth-order valence-corrected chi connectivity index (χ4v) is 1.15. The zero-order valence-electron chi connectivity index (χ0n) is 13.4. The van der Waals surface area contributed by atoms with Crippen LogP contribution in [0.2, 0.25) is 0 Å². The molecule has 0 rings (SSSR count). The van der Waals surface area contributed by atoms with Crippen LogP contribution < -0.4 is 16.0 Å². The average Bonchev–Trinajstić information content (AvgIpc) is 2.41. The average molecular weight is 261 g/mol. The van der Waals surface area contributed by atoms with Crippen LogP contribution in [0.3, 0.4) is 0 Å². The Balaban J connectivity index is -0.000000506. The zero-order chi connectivity index (χ0) is 14.6. The summed E-state index contributed by atoms with van der Waals surface area (Å²) in [5.41, 5.74) is 0. The summed E-state index contributed by atoms with van der Waals surface area (Å²) in [5.74, 6) is 0.0668. The lowest BCUT2D eigenvalue weighted by molar-refractivity contribution is -0.118. The van der Waals surface area contributed by atoms with E-state index in [1.165, 1.54) is 12.8 Å². The molecule has 0 radical (unpaired) electrons. The molecular formula is C14H35N3O. The molecule has 0 fully saturated rings. The molecule has 0 bridgehead atoms. The number of carbonyl (C=O) groups excluding carboxylic acids is 1. The number of nitrogens with one attached hydrogen (secondary N) is 3. The maximum atomic E-state index is 10.5. The lowest BCUT2D eigenvalue weighted by atomic mass is 10.2. The molecule has 0 atom stereocenters. The normalized spacial score (nSPS) is 8.56. The van der Waals surface area contributed by atoms with E-state index in [2.05, 4.69) is 16.0 Å². The minimum atomic E-state index is 0.0668. The van der Waals surface area contributed by atoms with E-state index in [9.17, 15) is 4.79 Å². The first-order valence-electron chi connectivity index (χ1n) is 7.37. The van der Waals surface area contributed by atoms with Gasteiger partial charge in [0.2, 0.25) is 5.91 Å². The van der Waals surface area contributed by atoms with Gasteiger partial charge in [-0.3, -0.25) is 4.79 Å². The number of hydrogen-bond acceptors (Lipinski definition) is 3. The maximum absolute atomic E-state index is 10.5. The van der Waals surface area contributed by atoms with Crippen molar-refractivity contribution in [1.29, 1.82) is 0 Å². The van der Waals surface area contributed by atoms with Crippen molar-refractivity contribution in [3.63, 3.8) is 0 Å². The predicted molar refractivity (Wildman–Crippen MR) is 82.0 cm³/mol. The molecule has 18 heavy (non-hydrogen) atoms. The van der Waals surface area contributed by atoms with Gasteiger partial charge in [-0.15, -0.1) is 0 Å². The monoisotopic (exact) mass is 261 g/mol. The molecule has 1 amide bonds. The summed E-state index contributed by atoms with van der Waals surface area (Å²) in [6, 6.07) is 0. The lowest BCUT2D eigenvalue weighted by Gasteiger charge is -2.04. The first-order valence-corrected chi connectivity index (χ1v) is 7.37. The van der Waals surface area contributed by atoms with Crippen LogP contribution in [-0.4, -0.2) is 39.1 Å². The molecule has 0 unspecified atom stereocenters. The number of rotatable bonds is 9. The number of likely N-dealkylation sites (N-methyl/N-ethyl adjacent to an activating group) is 1.